The molecule has 0 bridgehead atoms. The largest absolute Gasteiger partial charge is 0.487 e. The minimum atomic E-state index is -0.294. The van der Waals surface area contributed by atoms with Crippen LogP contribution in [-0.2, 0) is 12.5 Å². The maximum atomic E-state index is 13.3. The van der Waals surface area contributed by atoms with Crippen LogP contribution in [-0.4, -0.2) is 0 Å². The third-order valence-electron chi connectivity index (χ3n) is 2.50. The summed E-state index contributed by atoms with van der Waals surface area (Å²) in [6, 6.07) is 10.4. The zero-order valence-corrected chi connectivity index (χ0v) is 13.7. The molecule has 0 saturated carbocycles. The monoisotopic (exact) mass is 406 g/mol. The number of benzene rings is 2. The van der Waals surface area contributed by atoms with E-state index < -0.39 is 0 Å². The second kappa shape index (κ2) is 6.73. The highest BCUT2D eigenvalue weighted by Crippen LogP contribution is 2.31. The molecule has 2 aromatic carbocycles. The van der Waals surface area contributed by atoms with Gasteiger partial charge < -0.3 is 4.74 Å². The Balaban J connectivity index is 2.18. The van der Waals surface area contributed by atoms with Crippen molar-refractivity contribution in [3.05, 3.63) is 62.3 Å². The molecule has 1 nitrogen and oxygen atoms in total. The van der Waals surface area contributed by atoms with Crippen molar-refractivity contribution in [1.82, 2.24) is 0 Å². The second-order valence-corrected chi connectivity index (χ2v) is 5.97. The van der Waals surface area contributed by atoms with Gasteiger partial charge in [-0.1, -0.05) is 28.1 Å². The minimum Gasteiger partial charge on any atom is -0.487 e. The van der Waals surface area contributed by atoms with Gasteiger partial charge in [-0.2, -0.15) is 0 Å². The van der Waals surface area contributed by atoms with Crippen LogP contribution in [0.4, 0.5) is 4.39 Å². The molecule has 0 N–H and O–H groups in total. The van der Waals surface area contributed by atoms with Crippen molar-refractivity contribution in [3.63, 3.8) is 0 Å². The highest BCUT2D eigenvalue weighted by molar-refractivity contribution is 9.10. The molecule has 0 spiro atoms. The zero-order valence-electron chi connectivity index (χ0n) is 9.80. The summed E-state index contributed by atoms with van der Waals surface area (Å²) in [5.74, 6) is 0.761. The number of hydrogen-bond acceptors (Lipinski definition) is 1. The first-order valence-corrected chi connectivity index (χ1v) is 7.63. The first-order chi connectivity index (χ1) is 9.10. The molecule has 19 heavy (non-hydrogen) atoms. The summed E-state index contributed by atoms with van der Waals surface area (Å²) in [6.45, 7) is 0.281. The van der Waals surface area contributed by atoms with Crippen molar-refractivity contribution in [1.29, 1.82) is 0 Å². The standard InChI is InChI=1S/C14H10Br2ClFO/c15-11-4-9(5-12(18)6-11)8-19-14-10(7-17)2-1-3-13(14)16/h1-6H,7-8H2. The molecule has 0 heterocycles. The lowest BCUT2D eigenvalue weighted by atomic mass is 10.2. The lowest BCUT2D eigenvalue weighted by Crippen LogP contribution is -1.99. The Labute approximate surface area is 133 Å². The van der Waals surface area contributed by atoms with Gasteiger partial charge in [0.2, 0.25) is 0 Å². The van der Waals surface area contributed by atoms with Crippen molar-refractivity contribution >= 4 is 43.5 Å². The Bertz CT molecular complexity index is 569. The molecule has 0 radical (unpaired) electrons. The van der Waals surface area contributed by atoms with Crippen LogP contribution >= 0.6 is 43.5 Å². The van der Waals surface area contributed by atoms with E-state index >= 15 is 0 Å². The van der Waals surface area contributed by atoms with E-state index in [2.05, 4.69) is 31.9 Å². The smallest absolute Gasteiger partial charge is 0.138 e. The number of hydrogen-bond donors (Lipinski definition) is 0. The van der Waals surface area contributed by atoms with Crippen molar-refractivity contribution in [3.8, 4) is 5.75 Å². The van der Waals surface area contributed by atoms with Crippen LogP contribution in [0, 0.1) is 5.82 Å². The third kappa shape index (κ3) is 3.94. The van der Waals surface area contributed by atoms with Gasteiger partial charge in [0, 0.05) is 10.0 Å². The van der Waals surface area contributed by atoms with Gasteiger partial charge in [0.25, 0.3) is 0 Å². The van der Waals surface area contributed by atoms with Crippen LogP contribution in [0.5, 0.6) is 5.75 Å². The van der Waals surface area contributed by atoms with E-state index in [1.54, 1.807) is 0 Å². The van der Waals surface area contributed by atoms with Gasteiger partial charge in [-0.25, -0.2) is 4.39 Å². The van der Waals surface area contributed by atoms with E-state index in [9.17, 15) is 4.39 Å². The van der Waals surface area contributed by atoms with E-state index in [1.165, 1.54) is 12.1 Å². The maximum absolute atomic E-state index is 13.3. The molecule has 100 valence electrons. The summed E-state index contributed by atoms with van der Waals surface area (Å²) >= 11 is 12.5. The Kier molecular flexibility index (Phi) is 5.25. The molecule has 0 unspecified atom stereocenters. The summed E-state index contributed by atoms with van der Waals surface area (Å²) in [5, 5.41) is 0. The van der Waals surface area contributed by atoms with Crippen molar-refractivity contribution in [2.24, 2.45) is 0 Å². The van der Waals surface area contributed by atoms with E-state index in [1.807, 2.05) is 24.3 Å². The molecule has 0 atom stereocenters. The normalized spacial score (nSPS) is 10.5. The molecular formula is C14H10Br2ClFO. The van der Waals surface area contributed by atoms with Gasteiger partial charge in [-0.3, -0.25) is 0 Å². The number of alkyl halides is 1. The summed E-state index contributed by atoms with van der Waals surface area (Å²) in [7, 11) is 0. The minimum absolute atomic E-state index is 0.281. The van der Waals surface area contributed by atoms with Crippen molar-refractivity contribution in [2.75, 3.05) is 0 Å². The second-order valence-electron chi connectivity index (χ2n) is 3.93. The Morgan fingerprint density at radius 1 is 1.16 bits per heavy atom. The predicted octanol–water partition coefficient (Wildman–Crippen LogP) is 5.67. The van der Waals surface area contributed by atoms with Gasteiger partial charge in [0.05, 0.1) is 10.4 Å². The highest BCUT2D eigenvalue weighted by Gasteiger charge is 2.08. The van der Waals surface area contributed by atoms with Crippen LogP contribution in [0.25, 0.3) is 0 Å². The Hall–Kier alpha value is -0.580. The van der Waals surface area contributed by atoms with Crippen LogP contribution in [0.3, 0.4) is 0 Å². The summed E-state index contributed by atoms with van der Waals surface area (Å²) < 4.78 is 20.5. The van der Waals surface area contributed by atoms with Gasteiger partial charge in [-0.05, 0) is 45.8 Å². The van der Waals surface area contributed by atoms with Gasteiger partial charge in [0.1, 0.15) is 18.2 Å². The summed E-state index contributed by atoms with van der Waals surface area (Å²) in [5.41, 5.74) is 1.65. The molecule has 5 heteroatoms. The lowest BCUT2D eigenvalue weighted by Gasteiger charge is -2.12. The number of rotatable bonds is 4. The van der Waals surface area contributed by atoms with Gasteiger partial charge in [-0.15, -0.1) is 11.6 Å². The summed E-state index contributed by atoms with van der Waals surface area (Å²) in [6.07, 6.45) is 0. The Morgan fingerprint density at radius 2 is 1.95 bits per heavy atom. The van der Waals surface area contributed by atoms with Crippen LogP contribution in [0.1, 0.15) is 11.1 Å². The number of para-hydroxylation sites is 1. The average molecular weight is 408 g/mol. The predicted molar refractivity (Wildman–Crippen MR) is 82.1 cm³/mol. The van der Waals surface area contributed by atoms with Crippen molar-refractivity contribution < 1.29 is 9.13 Å². The third-order valence-corrected chi connectivity index (χ3v) is 3.87. The lowest BCUT2D eigenvalue weighted by molar-refractivity contribution is 0.301. The maximum Gasteiger partial charge on any atom is 0.138 e. The van der Waals surface area contributed by atoms with Crippen LogP contribution < -0.4 is 4.74 Å². The SMILES string of the molecule is Fc1cc(Br)cc(COc2c(Br)cccc2CCl)c1. The molecule has 0 amide bonds. The molecule has 0 fully saturated rings. The molecule has 0 aliphatic heterocycles. The highest BCUT2D eigenvalue weighted by atomic mass is 79.9. The van der Waals surface area contributed by atoms with Crippen LogP contribution in [0.15, 0.2) is 45.3 Å². The number of halogens is 4. The molecule has 2 aromatic rings. The quantitative estimate of drug-likeness (QED) is 0.593. The molecule has 0 aromatic heterocycles. The summed E-state index contributed by atoms with van der Waals surface area (Å²) in [4.78, 5) is 0. The molecule has 0 aliphatic rings. The fourth-order valence-electron chi connectivity index (χ4n) is 1.67. The van der Waals surface area contributed by atoms with Gasteiger partial charge in [0.15, 0.2) is 0 Å². The van der Waals surface area contributed by atoms with E-state index in [0.29, 0.717) is 16.1 Å². The van der Waals surface area contributed by atoms with Crippen LogP contribution in [0.2, 0.25) is 0 Å². The van der Waals surface area contributed by atoms with E-state index in [0.717, 1.165) is 15.6 Å². The first kappa shape index (κ1) is 14.8. The molecule has 0 saturated heterocycles. The fraction of sp³-hybridized carbons (Fsp3) is 0.143. The average Bonchev–Trinajstić information content (AvgIpc) is 2.36. The molecular weight excluding hydrogens is 398 g/mol. The fourth-order valence-corrected chi connectivity index (χ4v) is 2.92. The Morgan fingerprint density at radius 3 is 2.63 bits per heavy atom. The van der Waals surface area contributed by atoms with E-state index in [4.69, 9.17) is 16.3 Å². The van der Waals surface area contributed by atoms with Crippen molar-refractivity contribution in [2.45, 2.75) is 12.5 Å². The molecule has 0 aliphatic carbocycles. The van der Waals surface area contributed by atoms with E-state index in [-0.39, 0.29) is 12.4 Å². The van der Waals surface area contributed by atoms with Gasteiger partial charge >= 0.3 is 0 Å². The zero-order chi connectivity index (χ0) is 13.8. The molecule has 2 rings (SSSR count). The number of ether oxygens (including phenoxy) is 1. The first-order valence-electron chi connectivity index (χ1n) is 5.51. The topological polar surface area (TPSA) is 9.23 Å².